The molecule has 25 heavy (non-hydrogen) atoms. The Kier molecular flexibility index (Phi) is 4.20. The zero-order valence-electron chi connectivity index (χ0n) is 16.5. The summed E-state index contributed by atoms with van der Waals surface area (Å²) in [6.07, 6.45) is 7.29. The van der Waals surface area contributed by atoms with Crippen molar-refractivity contribution < 1.29 is 14.3 Å². The first-order chi connectivity index (χ1) is 11.5. The molecule has 140 valence electrons. The fraction of sp³-hybridized carbons (Fsp3) is 0.800. The predicted octanol–water partition coefficient (Wildman–Crippen LogP) is 3.73. The number of carbonyl (C=O) groups is 2. The van der Waals surface area contributed by atoms with Gasteiger partial charge in [-0.1, -0.05) is 32.9 Å². The molecule has 2 amide bonds. The molecule has 0 bridgehead atoms. The molecule has 0 aromatic rings. The van der Waals surface area contributed by atoms with Crippen molar-refractivity contribution in [3.8, 4) is 0 Å². The number of hydrogen-bond donors (Lipinski definition) is 0. The first-order valence-corrected chi connectivity index (χ1v) is 9.48. The molecular formula is C20H32N2O3. The summed E-state index contributed by atoms with van der Waals surface area (Å²) in [4.78, 5) is 30.1. The molecule has 2 saturated heterocycles. The van der Waals surface area contributed by atoms with Crippen molar-refractivity contribution in [1.29, 1.82) is 0 Å². The molecule has 3 aliphatic heterocycles. The van der Waals surface area contributed by atoms with Gasteiger partial charge in [-0.15, -0.1) is 0 Å². The maximum atomic E-state index is 13.6. The van der Waals surface area contributed by atoms with E-state index in [9.17, 15) is 9.59 Å². The van der Waals surface area contributed by atoms with Crippen LogP contribution in [0.5, 0.6) is 0 Å². The number of likely N-dealkylation sites (tertiary alicyclic amines) is 1. The Morgan fingerprint density at radius 2 is 1.88 bits per heavy atom. The third-order valence-corrected chi connectivity index (χ3v) is 5.66. The van der Waals surface area contributed by atoms with Gasteiger partial charge < -0.3 is 9.64 Å². The first kappa shape index (κ1) is 18.3. The van der Waals surface area contributed by atoms with Gasteiger partial charge in [0.15, 0.2) is 0 Å². The second kappa shape index (κ2) is 5.75. The normalized spacial score (nSPS) is 32.5. The van der Waals surface area contributed by atoms with Crippen LogP contribution in [0.15, 0.2) is 12.2 Å². The smallest absolute Gasteiger partial charge is 0.411 e. The molecule has 5 nitrogen and oxygen atoms in total. The first-order valence-electron chi connectivity index (χ1n) is 9.48. The summed E-state index contributed by atoms with van der Waals surface area (Å²) in [5, 5.41) is 0. The van der Waals surface area contributed by atoms with Crippen LogP contribution in [-0.4, -0.2) is 51.6 Å². The Hall–Kier alpha value is -1.52. The minimum absolute atomic E-state index is 0.0339. The molecule has 1 spiro atoms. The van der Waals surface area contributed by atoms with Gasteiger partial charge in [0, 0.05) is 12.6 Å². The maximum absolute atomic E-state index is 13.6. The van der Waals surface area contributed by atoms with Gasteiger partial charge in [0.25, 0.3) is 5.91 Å². The summed E-state index contributed by atoms with van der Waals surface area (Å²) in [7, 11) is 0. The maximum Gasteiger partial charge on any atom is 0.411 e. The van der Waals surface area contributed by atoms with E-state index in [1.807, 2.05) is 26.8 Å². The van der Waals surface area contributed by atoms with Gasteiger partial charge in [0.1, 0.15) is 11.1 Å². The van der Waals surface area contributed by atoms with Crippen LogP contribution in [0.25, 0.3) is 0 Å². The molecule has 3 aliphatic rings. The molecule has 3 heterocycles. The average Bonchev–Trinajstić information content (AvgIpc) is 3.06. The zero-order valence-corrected chi connectivity index (χ0v) is 16.5. The molecule has 0 aromatic carbocycles. The lowest BCUT2D eigenvalue weighted by molar-refractivity contribution is -0.145. The van der Waals surface area contributed by atoms with Crippen molar-refractivity contribution in [2.75, 3.05) is 6.54 Å². The van der Waals surface area contributed by atoms with Crippen LogP contribution >= 0.6 is 0 Å². The van der Waals surface area contributed by atoms with Crippen molar-refractivity contribution in [3.63, 3.8) is 0 Å². The van der Waals surface area contributed by atoms with Crippen molar-refractivity contribution in [3.05, 3.63) is 12.2 Å². The highest BCUT2D eigenvalue weighted by atomic mass is 16.6. The summed E-state index contributed by atoms with van der Waals surface area (Å²) in [5.41, 5.74) is -1.38. The molecule has 0 N–H and O–H groups in total. The monoisotopic (exact) mass is 348 g/mol. The van der Waals surface area contributed by atoms with E-state index in [0.29, 0.717) is 13.0 Å². The average molecular weight is 348 g/mol. The SMILES string of the molecule is CC(C)(C)OC(=O)N1CCC[C@]12C=C[C@@H]1CC[C@@H](C(C)(C)C)N1C2=O. The molecule has 3 atom stereocenters. The van der Waals surface area contributed by atoms with Gasteiger partial charge in [0.2, 0.25) is 0 Å². The highest BCUT2D eigenvalue weighted by Gasteiger charge is 2.57. The van der Waals surface area contributed by atoms with Gasteiger partial charge in [-0.3, -0.25) is 9.69 Å². The van der Waals surface area contributed by atoms with E-state index in [1.54, 1.807) is 4.90 Å². The van der Waals surface area contributed by atoms with Gasteiger partial charge in [-0.05, 0) is 51.9 Å². The van der Waals surface area contributed by atoms with Crippen molar-refractivity contribution in [2.45, 2.75) is 90.4 Å². The molecule has 3 rings (SSSR count). The number of ether oxygens (including phenoxy) is 1. The minimum atomic E-state index is -0.854. The van der Waals surface area contributed by atoms with Gasteiger partial charge in [0.05, 0.1) is 6.04 Å². The highest BCUT2D eigenvalue weighted by Crippen LogP contribution is 2.44. The summed E-state index contributed by atoms with van der Waals surface area (Å²) < 4.78 is 5.59. The Morgan fingerprint density at radius 1 is 1.20 bits per heavy atom. The van der Waals surface area contributed by atoms with Crippen LogP contribution in [0, 0.1) is 5.41 Å². The van der Waals surface area contributed by atoms with Crippen LogP contribution in [-0.2, 0) is 9.53 Å². The third-order valence-electron chi connectivity index (χ3n) is 5.66. The Morgan fingerprint density at radius 3 is 2.48 bits per heavy atom. The van der Waals surface area contributed by atoms with Crippen molar-refractivity contribution in [2.24, 2.45) is 5.41 Å². The highest BCUT2D eigenvalue weighted by molar-refractivity contribution is 5.94. The molecular weight excluding hydrogens is 316 g/mol. The Balaban J connectivity index is 1.92. The van der Waals surface area contributed by atoms with Crippen molar-refractivity contribution >= 4 is 12.0 Å². The minimum Gasteiger partial charge on any atom is -0.444 e. The Labute approximate surface area is 151 Å². The summed E-state index contributed by atoms with van der Waals surface area (Å²) in [6, 6.07) is 0.386. The van der Waals surface area contributed by atoms with E-state index >= 15 is 0 Å². The van der Waals surface area contributed by atoms with Crippen molar-refractivity contribution in [1.82, 2.24) is 9.80 Å². The number of hydrogen-bond acceptors (Lipinski definition) is 3. The largest absolute Gasteiger partial charge is 0.444 e. The summed E-state index contributed by atoms with van der Waals surface area (Å²) >= 11 is 0. The molecule has 0 saturated carbocycles. The lowest BCUT2D eigenvalue weighted by Gasteiger charge is -2.46. The summed E-state index contributed by atoms with van der Waals surface area (Å²) in [6.45, 7) is 12.7. The molecule has 0 radical (unpaired) electrons. The van der Waals surface area contributed by atoms with E-state index in [1.165, 1.54) is 0 Å². The third kappa shape index (κ3) is 3.06. The van der Waals surface area contributed by atoms with Crippen LogP contribution in [0.3, 0.4) is 0 Å². The Bertz CT molecular complexity index is 599. The van der Waals surface area contributed by atoms with Gasteiger partial charge >= 0.3 is 6.09 Å². The summed E-state index contributed by atoms with van der Waals surface area (Å²) in [5.74, 6) is 0.0841. The zero-order chi connectivity index (χ0) is 18.6. The van der Waals surface area contributed by atoms with E-state index < -0.39 is 11.1 Å². The van der Waals surface area contributed by atoms with E-state index in [-0.39, 0.29) is 29.5 Å². The lowest BCUT2D eigenvalue weighted by Crippen LogP contribution is -2.63. The van der Waals surface area contributed by atoms with E-state index in [0.717, 1.165) is 19.3 Å². The second-order valence-corrected chi connectivity index (χ2v) is 9.76. The molecule has 2 fully saturated rings. The van der Waals surface area contributed by atoms with Gasteiger partial charge in [-0.2, -0.15) is 0 Å². The fourth-order valence-electron chi connectivity index (χ4n) is 4.54. The number of rotatable bonds is 0. The van der Waals surface area contributed by atoms with Crippen LogP contribution in [0.2, 0.25) is 0 Å². The predicted molar refractivity (Wildman–Crippen MR) is 97.2 cm³/mol. The lowest BCUT2D eigenvalue weighted by atomic mass is 9.83. The van der Waals surface area contributed by atoms with E-state index in [2.05, 4.69) is 31.7 Å². The number of carbonyl (C=O) groups excluding carboxylic acids is 2. The topological polar surface area (TPSA) is 49.9 Å². The molecule has 5 heteroatoms. The van der Waals surface area contributed by atoms with Crippen LogP contribution in [0.1, 0.15) is 67.2 Å². The molecule has 0 aliphatic carbocycles. The van der Waals surface area contributed by atoms with Crippen LogP contribution in [0.4, 0.5) is 4.79 Å². The standard InChI is InChI=1S/C20H32N2O3/c1-18(2,3)15-9-8-14-10-12-20(16(23)22(14)15)11-7-13-21(20)17(24)25-19(4,5)6/h10,12,14-15H,7-9,11,13H2,1-6H3/t14-,15-,20+/m0/s1. The molecule has 0 aromatic heterocycles. The van der Waals surface area contributed by atoms with Gasteiger partial charge in [-0.25, -0.2) is 4.79 Å². The molecule has 0 unspecified atom stereocenters. The van der Waals surface area contributed by atoms with E-state index in [4.69, 9.17) is 4.74 Å². The second-order valence-electron chi connectivity index (χ2n) is 9.76. The van der Waals surface area contributed by atoms with Crippen LogP contribution < -0.4 is 0 Å². The number of amides is 2. The number of fused-ring (bicyclic) bond motifs is 1. The number of nitrogens with zero attached hydrogens (tertiary/aromatic N) is 2. The fourth-order valence-corrected chi connectivity index (χ4v) is 4.54. The quantitative estimate of drug-likeness (QED) is 0.627.